The van der Waals surface area contributed by atoms with E-state index in [1.807, 2.05) is 11.3 Å². The van der Waals surface area contributed by atoms with E-state index in [9.17, 15) is 0 Å². The second-order valence-corrected chi connectivity index (χ2v) is 17.8. The van der Waals surface area contributed by atoms with Crippen molar-refractivity contribution in [2.24, 2.45) is 0 Å². The van der Waals surface area contributed by atoms with E-state index in [4.69, 9.17) is 0 Å². The highest BCUT2D eigenvalue weighted by atomic mass is 32.1. The molecule has 0 unspecified atom stereocenters. The van der Waals surface area contributed by atoms with Crippen molar-refractivity contribution in [2.75, 3.05) is 0 Å². The molecule has 11 aromatic carbocycles. The molecule has 0 aliphatic carbocycles. The first kappa shape index (κ1) is 36.6. The Kier molecular flexibility index (Phi) is 8.47. The van der Waals surface area contributed by atoms with Gasteiger partial charge in [-0.05, 0) is 120 Å². The van der Waals surface area contributed by atoms with Gasteiger partial charge in [0.05, 0.1) is 11.0 Å². The predicted octanol–water partition coefficient (Wildman–Crippen LogP) is 17.8. The molecule has 13 aromatic rings. The minimum Gasteiger partial charge on any atom is -0.309 e. The maximum Gasteiger partial charge on any atom is 0.0547 e. The lowest BCUT2D eigenvalue weighted by Gasteiger charge is -2.18. The molecule has 0 amide bonds. The first-order valence-electron chi connectivity index (χ1n) is 22.0. The molecular weight excluding hydrogens is 791 g/mol. The van der Waals surface area contributed by atoms with Crippen LogP contribution in [0.5, 0.6) is 0 Å². The molecule has 0 radical (unpaired) electrons. The van der Waals surface area contributed by atoms with E-state index in [0.29, 0.717) is 0 Å². The molecule has 0 saturated carbocycles. The van der Waals surface area contributed by atoms with Crippen molar-refractivity contribution in [3.05, 3.63) is 237 Å². The highest BCUT2D eigenvalue weighted by Gasteiger charge is 2.20. The molecule has 0 fully saturated rings. The van der Waals surface area contributed by atoms with Crippen molar-refractivity contribution in [3.63, 3.8) is 0 Å². The van der Waals surface area contributed by atoms with Gasteiger partial charge in [-0.1, -0.05) is 188 Å². The third-order valence-corrected chi connectivity index (χ3v) is 14.4. The Bertz CT molecular complexity index is 3880. The summed E-state index contributed by atoms with van der Waals surface area (Å²) in [4.78, 5) is 0. The molecule has 0 aliphatic heterocycles. The van der Waals surface area contributed by atoms with Crippen LogP contribution in [0.4, 0.5) is 0 Å². The van der Waals surface area contributed by atoms with E-state index >= 15 is 0 Å². The van der Waals surface area contributed by atoms with Crippen LogP contribution in [0.15, 0.2) is 237 Å². The molecule has 0 saturated heterocycles. The summed E-state index contributed by atoms with van der Waals surface area (Å²) in [7, 11) is 0. The minimum atomic E-state index is 1.14. The fourth-order valence-electron chi connectivity index (χ4n) is 10.3. The molecule has 298 valence electrons. The van der Waals surface area contributed by atoms with Crippen LogP contribution in [0.2, 0.25) is 0 Å². The van der Waals surface area contributed by atoms with Gasteiger partial charge in [0.2, 0.25) is 0 Å². The fraction of sp³-hybridized carbons (Fsp3) is 0. The fourth-order valence-corrected chi connectivity index (χ4v) is 11.5. The summed E-state index contributed by atoms with van der Waals surface area (Å²) in [6, 6.07) is 87.2. The van der Waals surface area contributed by atoms with Gasteiger partial charge in [0.15, 0.2) is 0 Å². The molecule has 0 bridgehead atoms. The lowest BCUT2D eigenvalue weighted by atomic mass is 9.86. The Morgan fingerprint density at radius 1 is 0.266 bits per heavy atom. The lowest BCUT2D eigenvalue weighted by Crippen LogP contribution is -1.96. The molecule has 64 heavy (non-hydrogen) atoms. The second-order valence-electron chi connectivity index (χ2n) is 16.8. The molecule has 2 heteroatoms. The molecule has 0 aliphatic rings. The van der Waals surface area contributed by atoms with E-state index in [1.165, 1.54) is 119 Å². The number of hydrogen-bond donors (Lipinski definition) is 0. The second kappa shape index (κ2) is 14.8. The van der Waals surface area contributed by atoms with Crippen LogP contribution in [0.1, 0.15) is 0 Å². The normalized spacial score (nSPS) is 11.8. The van der Waals surface area contributed by atoms with Crippen LogP contribution in [0.25, 0.3) is 125 Å². The Morgan fingerprint density at radius 3 is 1.45 bits per heavy atom. The number of rotatable bonds is 6. The highest BCUT2D eigenvalue weighted by Crippen LogP contribution is 2.47. The summed E-state index contributed by atoms with van der Waals surface area (Å²) in [6.07, 6.45) is 0. The molecule has 13 rings (SSSR count). The van der Waals surface area contributed by atoms with Crippen LogP contribution in [-0.2, 0) is 0 Å². The van der Waals surface area contributed by atoms with Crippen LogP contribution >= 0.6 is 11.3 Å². The van der Waals surface area contributed by atoms with E-state index in [1.54, 1.807) is 0 Å². The van der Waals surface area contributed by atoms with Crippen molar-refractivity contribution in [2.45, 2.75) is 0 Å². The topological polar surface area (TPSA) is 4.93 Å². The number of hydrogen-bond acceptors (Lipinski definition) is 1. The first-order valence-corrected chi connectivity index (χ1v) is 22.8. The van der Waals surface area contributed by atoms with Crippen LogP contribution in [0, 0.1) is 0 Å². The monoisotopic (exact) mass is 829 g/mol. The van der Waals surface area contributed by atoms with E-state index in [0.717, 1.165) is 5.69 Å². The highest BCUT2D eigenvalue weighted by molar-refractivity contribution is 7.26. The number of thiophene rings is 1. The lowest BCUT2D eigenvalue weighted by molar-refractivity contribution is 1.18. The maximum absolute atomic E-state index is 2.48. The maximum atomic E-state index is 2.48. The zero-order chi connectivity index (χ0) is 42.1. The number of benzene rings is 11. The predicted molar refractivity (Wildman–Crippen MR) is 276 cm³/mol. The molecule has 1 nitrogen and oxygen atoms in total. The van der Waals surface area contributed by atoms with Gasteiger partial charge in [0.1, 0.15) is 0 Å². The smallest absolute Gasteiger partial charge is 0.0547 e. The standard InChI is InChI=1S/C62H39NS/c1-4-17-40(18-5-1)43-32-34-59-55(36-43)56-38-46(41-19-6-2-7-20-41)37-54(62(56)64-59)44-31-33-49-48-25-14-15-30-57(48)63(58(49)39-44)47-24-16-23-45(35-47)61-52-28-12-10-26-50(52)60(42-21-8-3-9-22-42)51-27-11-13-29-53(51)61/h1-39H. The van der Waals surface area contributed by atoms with E-state index in [-0.39, 0.29) is 0 Å². The summed E-state index contributed by atoms with van der Waals surface area (Å²) in [5.74, 6) is 0. The summed E-state index contributed by atoms with van der Waals surface area (Å²) in [5.41, 5.74) is 15.9. The SMILES string of the molecule is c1ccc(-c2ccc3sc4c(-c5ccc6c7ccccc7n(-c7cccc(-c8c9ccccc9c(-c9ccccc9)c9ccccc89)c7)c6c5)cc(-c5ccccc5)cc4c3c2)cc1. The van der Waals surface area contributed by atoms with Crippen molar-refractivity contribution < 1.29 is 0 Å². The molecule has 2 aromatic heterocycles. The Morgan fingerprint density at radius 2 is 0.781 bits per heavy atom. The summed E-state index contributed by atoms with van der Waals surface area (Å²) in [6.45, 7) is 0. The molecule has 2 heterocycles. The van der Waals surface area contributed by atoms with Crippen molar-refractivity contribution in [3.8, 4) is 61.3 Å². The van der Waals surface area contributed by atoms with E-state index < -0.39 is 0 Å². The van der Waals surface area contributed by atoms with Gasteiger partial charge in [-0.15, -0.1) is 11.3 Å². The molecular formula is C62H39NS. The molecule has 0 N–H and O–H groups in total. The summed E-state index contributed by atoms with van der Waals surface area (Å²) in [5, 5.41) is 10.1. The number of aromatic nitrogens is 1. The van der Waals surface area contributed by atoms with Gasteiger partial charge < -0.3 is 4.57 Å². The van der Waals surface area contributed by atoms with Gasteiger partial charge in [0, 0.05) is 42.2 Å². The van der Waals surface area contributed by atoms with Gasteiger partial charge in [0.25, 0.3) is 0 Å². The number of fused-ring (bicyclic) bond motifs is 8. The minimum absolute atomic E-state index is 1.14. The van der Waals surface area contributed by atoms with E-state index in [2.05, 4.69) is 241 Å². The van der Waals surface area contributed by atoms with Crippen molar-refractivity contribution in [1.82, 2.24) is 4.57 Å². The summed E-state index contributed by atoms with van der Waals surface area (Å²) < 4.78 is 5.09. The zero-order valence-corrected chi connectivity index (χ0v) is 35.7. The Labute approximate surface area is 375 Å². The average molecular weight is 830 g/mol. The number of para-hydroxylation sites is 1. The largest absolute Gasteiger partial charge is 0.309 e. The average Bonchev–Trinajstić information content (AvgIpc) is 3.91. The third kappa shape index (κ3) is 5.84. The van der Waals surface area contributed by atoms with Gasteiger partial charge in [-0.2, -0.15) is 0 Å². The van der Waals surface area contributed by atoms with Gasteiger partial charge >= 0.3 is 0 Å². The Hall–Kier alpha value is -8.04. The molecule has 0 atom stereocenters. The van der Waals surface area contributed by atoms with Crippen molar-refractivity contribution in [1.29, 1.82) is 0 Å². The van der Waals surface area contributed by atoms with Gasteiger partial charge in [-0.3, -0.25) is 0 Å². The third-order valence-electron chi connectivity index (χ3n) is 13.2. The van der Waals surface area contributed by atoms with Crippen LogP contribution in [0.3, 0.4) is 0 Å². The first-order chi connectivity index (χ1) is 31.7. The van der Waals surface area contributed by atoms with Crippen LogP contribution < -0.4 is 0 Å². The molecule has 0 spiro atoms. The van der Waals surface area contributed by atoms with Gasteiger partial charge in [-0.25, -0.2) is 0 Å². The van der Waals surface area contributed by atoms with Crippen molar-refractivity contribution >= 4 is 74.9 Å². The van der Waals surface area contributed by atoms with Crippen LogP contribution in [-0.4, -0.2) is 4.57 Å². The zero-order valence-electron chi connectivity index (χ0n) is 34.9. The quantitative estimate of drug-likeness (QED) is 0.147. The number of nitrogens with zero attached hydrogens (tertiary/aromatic N) is 1. The summed E-state index contributed by atoms with van der Waals surface area (Å²) >= 11 is 1.90. The Balaban J connectivity index is 1.04.